The number of rotatable bonds is 1. The van der Waals surface area contributed by atoms with Crippen LogP contribution < -0.4 is 0 Å². The molecule has 1 rings (SSSR count). The second kappa shape index (κ2) is 3.85. The molecule has 0 radical (unpaired) electrons. The Morgan fingerprint density at radius 2 is 2.14 bits per heavy atom. The fourth-order valence-corrected chi connectivity index (χ4v) is 0.943. The van der Waals surface area contributed by atoms with E-state index in [1.54, 1.807) is 0 Å². The molecule has 0 heterocycles. The van der Waals surface area contributed by atoms with E-state index < -0.39 is 23.1 Å². The quantitative estimate of drug-likeness (QED) is 0.387. The topological polar surface area (TPSA) is 65.8 Å². The average Bonchev–Trinajstić information content (AvgIpc) is 2.13. The van der Waals surface area contributed by atoms with E-state index in [0.717, 1.165) is 6.07 Å². The molecule has 1 aromatic rings. The second-order valence-corrected chi connectivity index (χ2v) is 2.55. The number of amides is 1. The molecule has 4 nitrogen and oxygen atoms in total. The number of carbonyl (C=O) groups is 1. The smallest absolute Gasteiger partial charge is 0.255 e. The van der Waals surface area contributed by atoms with Crippen molar-refractivity contribution in [1.82, 2.24) is 0 Å². The predicted octanol–water partition coefficient (Wildman–Crippen LogP) is 2.72. The number of benzene rings is 1. The summed E-state index contributed by atoms with van der Waals surface area (Å²) in [7, 11) is 0. The lowest BCUT2D eigenvalue weighted by Crippen LogP contribution is -2.04. The van der Waals surface area contributed by atoms with Crippen molar-refractivity contribution in [2.24, 2.45) is 5.11 Å². The SMILES string of the molecule is Cc1ccc(F)c(C(=O)N=[N+]=[N-])c1F. The summed E-state index contributed by atoms with van der Waals surface area (Å²) in [6.07, 6.45) is 0. The molecule has 0 saturated heterocycles. The molecule has 0 unspecified atom stereocenters. The zero-order chi connectivity index (χ0) is 10.7. The highest BCUT2D eigenvalue weighted by molar-refractivity contribution is 5.95. The van der Waals surface area contributed by atoms with Gasteiger partial charge < -0.3 is 0 Å². The molecule has 72 valence electrons. The summed E-state index contributed by atoms with van der Waals surface area (Å²) in [6.45, 7) is 1.38. The minimum Gasteiger partial charge on any atom is -0.287 e. The first-order valence-electron chi connectivity index (χ1n) is 3.62. The summed E-state index contributed by atoms with van der Waals surface area (Å²) in [5, 5.41) is 2.62. The van der Waals surface area contributed by atoms with Gasteiger partial charge in [-0.05, 0) is 29.2 Å². The second-order valence-electron chi connectivity index (χ2n) is 2.55. The van der Waals surface area contributed by atoms with E-state index in [-0.39, 0.29) is 5.56 Å². The molecule has 0 N–H and O–H groups in total. The van der Waals surface area contributed by atoms with Crippen molar-refractivity contribution in [3.63, 3.8) is 0 Å². The van der Waals surface area contributed by atoms with Crippen molar-refractivity contribution in [1.29, 1.82) is 0 Å². The van der Waals surface area contributed by atoms with Gasteiger partial charge in [0.2, 0.25) is 0 Å². The third-order valence-corrected chi connectivity index (χ3v) is 1.63. The Morgan fingerprint density at radius 3 is 2.71 bits per heavy atom. The first kappa shape index (κ1) is 10.1. The Balaban J connectivity index is 3.39. The summed E-state index contributed by atoms with van der Waals surface area (Å²) in [5.41, 5.74) is 7.24. The van der Waals surface area contributed by atoms with Crippen LogP contribution in [0, 0.1) is 18.6 Å². The normalized spacial score (nSPS) is 9.36. The van der Waals surface area contributed by atoms with Crippen LogP contribution in [0.1, 0.15) is 15.9 Å². The van der Waals surface area contributed by atoms with E-state index in [1.165, 1.54) is 13.0 Å². The van der Waals surface area contributed by atoms with E-state index >= 15 is 0 Å². The van der Waals surface area contributed by atoms with Crippen LogP contribution in [0.15, 0.2) is 17.2 Å². The predicted molar refractivity (Wildman–Crippen MR) is 44.6 cm³/mol. The Bertz CT molecular complexity index is 438. The van der Waals surface area contributed by atoms with Crippen molar-refractivity contribution in [3.05, 3.63) is 45.3 Å². The van der Waals surface area contributed by atoms with Crippen LogP contribution in [0.25, 0.3) is 10.4 Å². The lowest BCUT2D eigenvalue weighted by molar-refractivity contribution is 0.0992. The molecule has 0 saturated carbocycles. The third kappa shape index (κ3) is 1.70. The molecular weight excluding hydrogens is 192 g/mol. The van der Waals surface area contributed by atoms with E-state index in [1.807, 2.05) is 0 Å². The van der Waals surface area contributed by atoms with E-state index in [0.29, 0.717) is 0 Å². The van der Waals surface area contributed by atoms with Gasteiger partial charge in [0.05, 0.1) is 5.56 Å². The zero-order valence-corrected chi connectivity index (χ0v) is 7.16. The third-order valence-electron chi connectivity index (χ3n) is 1.63. The highest BCUT2D eigenvalue weighted by Gasteiger charge is 2.17. The van der Waals surface area contributed by atoms with Gasteiger partial charge in [0.25, 0.3) is 5.91 Å². The summed E-state index contributed by atoms with van der Waals surface area (Å²) in [6, 6.07) is 2.13. The summed E-state index contributed by atoms with van der Waals surface area (Å²) >= 11 is 0. The fourth-order valence-electron chi connectivity index (χ4n) is 0.943. The molecule has 0 spiro atoms. The molecule has 0 aliphatic rings. The Morgan fingerprint density at radius 1 is 1.50 bits per heavy atom. The maximum Gasteiger partial charge on any atom is 0.255 e. The molecule has 0 aliphatic heterocycles. The molecule has 6 heteroatoms. The number of carbonyl (C=O) groups excluding carboxylic acids is 1. The van der Waals surface area contributed by atoms with Crippen LogP contribution in [0.5, 0.6) is 0 Å². The van der Waals surface area contributed by atoms with Gasteiger partial charge in [0.1, 0.15) is 11.6 Å². The lowest BCUT2D eigenvalue weighted by Gasteiger charge is -2.02. The van der Waals surface area contributed by atoms with E-state index in [4.69, 9.17) is 5.53 Å². The highest BCUT2D eigenvalue weighted by atomic mass is 19.1. The maximum atomic E-state index is 13.2. The van der Waals surface area contributed by atoms with Crippen LogP contribution in [-0.2, 0) is 0 Å². The minimum absolute atomic E-state index is 0.114. The van der Waals surface area contributed by atoms with Gasteiger partial charge in [0.15, 0.2) is 0 Å². The van der Waals surface area contributed by atoms with Crippen LogP contribution in [0.2, 0.25) is 0 Å². The number of nitrogens with zero attached hydrogens (tertiary/aromatic N) is 3. The maximum absolute atomic E-state index is 13.2. The van der Waals surface area contributed by atoms with Gasteiger partial charge >= 0.3 is 0 Å². The number of hydrogen-bond acceptors (Lipinski definition) is 1. The van der Waals surface area contributed by atoms with Gasteiger partial charge in [-0.25, -0.2) is 8.78 Å². The molecule has 0 aliphatic carbocycles. The van der Waals surface area contributed by atoms with Crippen molar-refractivity contribution >= 4 is 5.91 Å². The molecular formula is C8H5F2N3O. The van der Waals surface area contributed by atoms with Crippen molar-refractivity contribution in [2.75, 3.05) is 0 Å². The highest BCUT2D eigenvalue weighted by Crippen LogP contribution is 2.17. The molecule has 1 aromatic carbocycles. The number of azide groups is 1. The number of halogens is 2. The summed E-state index contributed by atoms with van der Waals surface area (Å²) in [5.74, 6) is -3.29. The molecule has 0 atom stereocenters. The Labute approximate surface area is 77.8 Å². The molecule has 0 bridgehead atoms. The Hall–Kier alpha value is -1.94. The van der Waals surface area contributed by atoms with Gasteiger partial charge in [-0.3, -0.25) is 4.79 Å². The van der Waals surface area contributed by atoms with Gasteiger partial charge in [-0.2, -0.15) is 0 Å². The zero-order valence-electron chi connectivity index (χ0n) is 7.16. The van der Waals surface area contributed by atoms with Gasteiger partial charge in [-0.1, -0.05) is 6.07 Å². The minimum atomic E-state index is -1.26. The summed E-state index contributed by atoms with van der Waals surface area (Å²) < 4.78 is 26.2. The fraction of sp³-hybridized carbons (Fsp3) is 0.125. The van der Waals surface area contributed by atoms with Crippen molar-refractivity contribution in [3.8, 4) is 0 Å². The molecule has 14 heavy (non-hydrogen) atoms. The Kier molecular flexibility index (Phi) is 2.79. The monoisotopic (exact) mass is 197 g/mol. The lowest BCUT2D eigenvalue weighted by atomic mass is 10.1. The van der Waals surface area contributed by atoms with Gasteiger partial charge in [-0.15, -0.1) is 0 Å². The van der Waals surface area contributed by atoms with Crippen molar-refractivity contribution in [2.45, 2.75) is 6.92 Å². The van der Waals surface area contributed by atoms with Gasteiger partial charge in [0, 0.05) is 4.91 Å². The standard InChI is InChI=1S/C8H5F2N3O/c1-4-2-3-5(9)6(7(4)10)8(14)12-13-11/h2-3H,1H3. The first-order valence-corrected chi connectivity index (χ1v) is 3.62. The van der Waals surface area contributed by atoms with Crippen molar-refractivity contribution < 1.29 is 13.6 Å². The first-order chi connectivity index (χ1) is 6.57. The van der Waals surface area contributed by atoms with E-state index in [2.05, 4.69) is 10.0 Å². The number of aryl methyl sites for hydroxylation is 1. The largest absolute Gasteiger partial charge is 0.287 e. The molecule has 0 aromatic heterocycles. The van der Waals surface area contributed by atoms with Crippen LogP contribution in [-0.4, -0.2) is 5.91 Å². The van der Waals surface area contributed by atoms with E-state index in [9.17, 15) is 13.6 Å². The molecule has 0 fully saturated rings. The number of hydrogen-bond donors (Lipinski definition) is 0. The van der Waals surface area contributed by atoms with Crippen LogP contribution >= 0.6 is 0 Å². The summed E-state index contributed by atoms with van der Waals surface area (Å²) in [4.78, 5) is 13.1. The van der Waals surface area contributed by atoms with Crippen LogP contribution in [0.3, 0.4) is 0 Å². The van der Waals surface area contributed by atoms with Crippen LogP contribution in [0.4, 0.5) is 8.78 Å². The average molecular weight is 197 g/mol. The molecule has 1 amide bonds.